The number of carbonyl (C=O) groups excluding carboxylic acids is 1. The zero-order chi connectivity index (χ0) is 20.8. The van der Waals surface area contributed by atoms with Crippen LogP contribution in [0, 0.1) is 0 Å². The Bertz CT molecular complexity index is 321. The van der Waals surface area contributed by atoms with Crippen LogP contribution in [-0.4, -0.2) is 38.1 Å². The number of unbranched alkanes of at least 4 members (excludes halogenated alkanes) is 15. The molecule has 27 heavy (non-hydrogen) atoms. The molecule has 0 amide bonds. The molecular formula is C24H49NO2. The number of hydrogen-bond donors (Lipinski definition) is 0. The van der Waals surface area contributed by atoms with Crippen LogP contribution < -0.4 is 5.11 Å². The lowest BCUT2D eigenvalue weighted by Crippen LogP contribution is -2.35. The normalized spacial score (nSPS) is 11.0. The number of carbonyl (C=O) groups is 1. The van der Waals surface area contributed by atoms with Gasteiger partial charge in [0.15, 0.2) is 0 Å². The highest BCUT2D eigenvalue weighted by molar-refractivity contribution is 5.76. The van der Waals surface area contributed by atoms with Gasteiger partial charge in [0.25, 0.3) is 0 Å². The third kappa shape index (κ3) is 33.2. The Kier molecular flexibility index (Phi) is 22.6. The lowest BCUT2D eigenvalue weighted by Gasteiger charge is -2.23. The number of hydrogen-bond acceptors (Lipinski definition) is 2. The molecule has 0 aliphatic carbocycles. The first kappa shape index (κ1) is 28.4. The van der Waals surface area contributed by atoms with Crippen molar-refractivity contribution in [1.29, 1.82) is 0 Å². The van der Waals surface area contributed by atoms with Crippen LogP contribution >= 0.6 is 0 Å². The van der Waals surface area contributed by atoms with Crippen molar-refractivity contribution in [2.45, 2.75) is 110 Å². The molecule has 0 aromatic rings. The maximum absolute atomic E-state index is 9.14. The molecule has 0 saturated heterocycles. The Morgan fingerprint density at radius 1 is 0.704 bits per heavy atom. The van der Waals surface area contributed by atoms with E-state index < -0.39 is 5.97 Å². The number of nitrogens with zero attached hydrogens (tertiary/aromatic N) is 1. The highest BCUT2D eigenvalue weighted by atomic mass is 16.4. The molecule has 0 rings (SSSR count). The van der Waals surface area contributed by atoms with E-state index in [2.05, 4.69) is 34.6 Å². The van der Waals surface area contributed by atoms with Crippen molar-refractivity contribution in [1.82, 2.24) is 0 Å². The van der Waals surface area contributed by atoms with Gasteiger partial charge in [0, 0.05) is 0 Å². The fourth-order valence-corrected chi connectivity index (χ4v) is 3.13. The molecule has 3 nitrogen and oxygen atoms in total. The molecule has 0 heterocycles. The van der Waals surface area contributed by atoms with E-state index in [0.29, 0.717) is 0 Å². The maximum Gasteiger partial charge on any atom is 0.0780 e. The van der Waals surface area contributed by atoms with Crippen molar-refractivity contribution >= 4 is 5.97 Å². The van der Waals surface area contributed by atoms with E-state index in [1.54, 1.807) is 0 Å². The number of quaternary nitrogens is 1. The second-order valence-electron chi connectivity index (χ2n) is 8.84. The Morgan fingerprint density at radius 2 is 0.963 bits per heavy atom. The van der Waals surface area contributed by atoms with Crippen molar-refractivity contribution in [3.63, 3.8) is 0 Å². The summed E-state index contributed by atoms with van der Waals surface area (Å²) in [5.74, 6) is -1.23. The molecule has 0 spiro atoms. The highest BCUT2D eigenvalue weighted by Crippen LogP contribution is 2.13. The van der Waals surface area contributed by atoms with Gasteiger partial charge in [-0.25, -0.2) is 0 Å². The molecule has 0 radical (unpaired) electrons. The van der Waals surface area contributed by atoms with Crippen molar-refractivity contribution < 1.29 is 14.4 Å². The Balaban J connectivity index is 0. The van der Waals surface area contributed by atoms with E-state index >= 15 is 0 Å². The third-order valence-corrected chi connectivity index (χ3v) is 4.85. The van der Waals surface area contributed by atoms with Crippen LogP contribution in [0.3, 0.4) is 0 Å². The zero-order valence-electron chi connectivity index (χ0n) is 19.1. The molecule has 0 aliphatic heterocycles. The highest BCUT2D eigenvalue weighted by Gasteiger charge is 2.04. The monoisotopic (exact) mass is 383 g/mol. The van der Waals surface area contributed by atoms with Crippen LogP contribution in [0.15, 0.2) is 12.7 Å². The van der Waals surface area contributed by atoms with Gasteiger partial charge in [-0.1, -0.05) is 103 Å². The van der Waals surface area contributed by atoms with Crippen molar-refractivity contribution in [2.75, 3.05) is 27.7 Å². The van der Waals surface area contributed by atoms with Gasteiger partial charge in [-0.3, -0.25) is 0 Å². The first-order chi connectivity index (χ1) is 12.8. The van der Waals surface area contributed by atoms with Crippen LogP contribution in [-0.2, 0) is 4.79 Å². The summed E-state index contributed by atoms with van der Waals surface area (Å²) in [5.41, 5.74) is 0. The smallest absolute Gasteiger partial charge is 0.0780 e. The molecule has 0 aromatic carbocycles. The molecule has 0 atom stereocenters. The predicted octanol–water partition coefficient (Wildman–Crippen LogP) is 5.88. The van der Waals surface area contributed by atoms with Crippen LogP contribution in [0.25, 0.3) is 0 Å². The van der Waals surface area contributed by atoms with E-state index in [0.717, 1.165) is 10.6 Å². The summed E-state index contributed by atoms with van der Waals surface area (Å²) in [6.45, 7) is 6.53. The number of carboxylic acid groups (broad SMARTS) is 1. The molecule has 162 valence electrons. The molecule has 0 N–H and O–H groups in total. The van der Waals surface area contributed by atoms with Crippen molar-refractivity contribution in [3.8, 4) is 0 Å². The fourth-order valence-electron chi connectivity index (χ4n) is 3.13. The summed E-state index contributed by atoms with van der Waals surface area (Å²) in [6.07, 6.45) is 24.1. The lowest BCUT2D eigenvalue weighted by molar-refractivity contribution is -0.870. The Morgan fingerprint density at radius 3 is 1.19 bits per heavy atom. The second-order valence-corrected chi connectivity index (χ2v) is 8.84. The topological polar surface area (TPSA) is 40.1 Å². The standard InChI is InChI=1S/C21H46N.C3H4O2/c1-5-6-7-8-9-10-11-12-13-14-15-16-17-18-19-20-21-22(2,3)4;1-2-3(4)5/h5-21H2,1-4H3;2H,1H2,(H,4,5)/q+1;/p-1. The molecule has 0 fully saturated rings. The minimum Gasteiger partial charge on any atom is -0.545 e. The summed E-state index contributed by atoms with van der Waals surface area (Å²) < 4.78 is 1.12. The van der Waals surface area contributed by atoms with Crippen LogP contribution in [0.5, 0.6) is 0 Å². The molecule has 0 aromatic heterocycles. The minimum absolute atomic E-state index is 0.722. The van der Waals surface area contributed by atoms with Gasteiger partial charge in [-0.15, -0.1) is 0 Å². The van der Waals surface area contributed by atoms with Crippen LogP contribution in [0.4, 0.5) is 0 Å². The molecule has 0 bridgehead atoms. The maximum atomic E-state index is 9.14. The molecular weight excluding hydrogens is 334 g/mol. The average molecular weight is 384 g/mol. The molecule has 0 saturated carbocycles. The Hall–Kier alpha value is -0.830. The first-order valence-electron chi connectivity index (χ1n) is 11.5. The molecule has 0 aliphatic rings. The van der Waals surface area contributed by atoms with E-state index in [-0.39, 0.29) is 0 Å². The average Bonchev–Trinajstić information content (AvgIpc) is 2.61. The lowest BCUT2D eigenvalue weighted by atomic mass is 10.0. The summed E-state index contributed by atoms with van der Waals surface area (Å²) in [6, 6.07) is 0. The van der Waals surface area contributed by atoms with Gasteiger partial charge in [0.05, 0.1) is 33.7 Å². The molecule has 3 heteroatoms. The van der Waals surface area contributed by atoms with Gasteiger partial charge in [-0.2, -0.15) is 0 Å². The van der Waals surface area contributed by atoms with Crippen LogP contribution in [0.2, 0.25) is 0 Å². The summed E-state index contributed by atoms with van der Waals surface area (Å²) >= 11 is 0. The SMILES string of the molecule is C=CC(=O)[O-].CCCCCCCCCCCCCCCCCC[N+](C)(C)C. The van der Waals surface area contributed by atoms with Gasteiger partial charge in [0.2, 0.25) is 0 Å². The van der Waals surface area contributed by atoms with Gasteiger partial charge in [0.1, 0.15) is 0 Å². The third-order valence-electron chi connectivity index (χ3n) is 4.85. The van der Waals surface area contributed by atoms with E-state index in [1.807, 2.05) is 0 Å². The Labute approximate surface area is 170 Å². The van der Waals surface area contributed by atoms with E-state index in [9.17, 15) is 0 Å². The van der Waals surface area contributed by atoms with E-state index in [1.165, 1.54) is 109 Å². The zero-order valence-corrected chi connectivity index (χ0v) is 19.1. The summed E-state index contributed by atoms with van der Waals surface area (Å²) in [4.78, 5) is 9.14. The minimum atomic E-state index is -1.23. The van der Waals surface area contributed by atoms with Gasteiger partial charge >= 0.3 is 0 Å². The number of aliphatic carboxylic acids is 1. The molecule has 0 unspecified atom stereocenters. The van der Waals surface area contributed by atoms with Gasteiger partial charge < -0.3 is 14.4 Å². The van der Waals surface area contributed by atoms with Crippen molar-refractivity contribution in [3.05, 3.63) is 12.7 Å². The van der Waals surface area contributed by atoms with Crippen LogP contribution in [0.1, 0.15) is 110 Å². The fraction of sp³-hybridized carbons (Fsp3) is 0.875. The predicted molar refractivity (Wildman–Crippen MR) is 118 cm³/mol. The quantitative estimate of drug-likeness (QED) is 0.168. The van der Waals surface area contributed by atoms with Gasteiger partial charge in [-0.05, 0) is 18.9 Å². The van der Waals surface area contributed by atoms with Crippen molar-refractivity contribution in [2.24, 2.45) is 0 Å². The number of carboxylic acids is 1. The first-order valence-corrected chi connectivity index (χ1v) is 11.5. The van der Waals surface area contributed by atoms with E-state index in [4.69, 9.17) is 9.90 Å². The summed E-state index contributed by atoms with van der Waals surface area (Å²) in [7, 11) is 6.89. The largest absolute Gasteiger partial charge is 0.545 e. The summed E-state index contributed by atoms with van der Waals surface area (Å²) in [5, 5.41) is 9.14. The second kappa shape index (κ2) is 21.5. The number of rotatable bonds is 18.